The molecule has 0 spiro atoms. The van der Waals surface area contributed by atoms with E-state index in [1.165, 1.54) is 39.4 Å². The number of esters is 1. The highest BCUT2D eigenvalue weighted by Crippen LogP contribution is 2.27. The van der Waals surface area contributed by atoms with Crippen molar-refractivity contribution in [2.75, 3.05) is 34.4 Å². The minimum absolute atomic E-state index is 0.0144. The van der Waals surface area contributed by atoms with E-state index in [-0.39, 0.29) is 23.2 Å². The van der Waals surface area contributed by atoms with Crippen molar-refractivity contribution < 1.29 is 27.5 Å². The fourth-order valence-corrected chi connectivity index (χ4v) is 2.94. The Bertz CT molecular complexity index is 771. The van der Waals surface area contributed by atoms with Crippen LogP contribution in [0.25, 0.3) is 6.08 Å². The topological polar surface area (TPSA) is 102 Å². The first-order valence-corrected chi connectivity index (χ1v) is 9.38. The van der Waals surface area contributed by atoms with Gasteiger partial charge in [0.15, 0.2) is 6.61 Å². The van der Waals surface area contributed by atoms with Gasteiger partial charge < -0.3 is 14.8 Å². The van der Waals surface area contributed by atoms with Crippen molar-refractivity contribution in [2.45, 2.75) is 18.2 Å². The molecule has 0 aromatic heterocycles. The third-order valence-corrected chi connectivity index (χ3v) is 5.11. The molecule has 26 heavy (non-hydrogen) atoms. The number of sulfonamides is 1. The molecule has 0 bridgehead atoms. The molecule has 0 saturated heterocycles. The summed E-state index contributed by atoms with van der Waals surface area (Å²) >= 11 is 0. The largest absolute Gasteiger partial charge is 0.495 e. The van der Waals surface area contributed by atoms with Gasteiger partial charge in [-0.3, -0.25) is 4.79 Å². The number of benzene rings is 1. The second-order valence-electron chi connectivity index (χ2n) is 5.49. The highest BCUT2D eigenvalue weighted by Gasteiger charge is 2.22. The molecule has 1 amide bonds. The average molecular weight is 384 g/mol. The van der Waals surface area contributed by atoms with Crippen molar-refractivity contribution in [3.05, 3.63) is 29.8 Å². The van der Waals surface area contributed by atoms with Gasteiger partial charge in [-0.05, 0) is 30.2 Å². The van der Waals surface area contributed by atoms with Crippen LogP contribution in [0.4, 0.5) is 0 Å². The Morgan fingerprint density at radius 1 is 1.27 bits per heavy atom. The lowest BCUT2D eigenvalue weighted by atomic mass is 10.2. The molecule has 0 aliphatic rings. The normalized spacial score (nSPS) is 11.6. The van der Waals surface area contributed by atoms with Crippen LogP contribution in [0.2, 0.25) is 0 Å². The molecule has 8 nitrogen and oxygen atoms in total. The summed E-state index contributed by atoms with van der Waals surface area (Å²) in [5, 5.41) is 2.58. The Balaban J connectivity index is 2.86. The van der Waals surface area contributed by atoms with Crippen LogP contribution in [0.15, 0.2) is 29.2 Å². The Morgan fingerprint density at radius 3 is 2.54 bits per heavy atom. The van der Waals surface area contributed by atoms with Crippen LogP contribution >= 0.6 is 0 Å². The lowest BCUT2D eigenvalue weighted by molar-refractivity contribution is -0.143. The van der Waals surface area contributed by atoms with Crippen LogP contribution in [0.5, 0.6) is 5.75 Å². The smallest absolute Gasteiger partial charge is 0.331 e. The highest BCUT2D eigenvalue weighted by molar-refractivity contribution is 7.89. The number of carbonyl (C=O) groups is 2. The molecule has 0 unspecified atom stereocenters. The number of hydrogen-bond acceptors (Lipinski definition) is 6. The summed E-state index contributed by atoms with van der Waals surface area (Å²) in [6.07, 6.45) is 3.32. The van der Waals surface area contributed by atoms with Crippen LogP contribution in [0.1, 0.15) is 18.9 Å². The van der Waals surface area contributed by atoms with E-state index in [1.54, 1.807) is 6.07 Å². The molecule has 0 saturated carbocycles. The van der Waals surface area contributed by atoms with Crippen molar-refractivity contribution in [1.29, 1.82) is 0 Å². The van der Waals surface area contributed by atoms with Gasteiger partial charge in [0.2, 0.25) is 10.0 Å². The van der Waals surface area contributed by atoms with Crippen LogP contribution in [0.3, 0.4) is 0 Å². The van der Waals surface area contributed by atoms with E-state index >= 15 is 0 Å². The van der Waals surface area contributed by atoms with Crippen LogP contribution in [-0.2, 0) is 24.3 Å². The van der Waals surface area contributed by atoms with Crippen LogP contribution < -0.4 is 10.1 Å². The summed E-state index contributed by atoms with van der Waals surface area (Å²) in [4.78, 5) is 23.0. The molecule has 0 aliphatic carbocycles. The first kappa shape index (κ1) is 21.7. The molecular weight excluding hydrogens is 360 g/mol. The zero-order valence-electron chi connectivity index (χ0n) is 15.3. The summed E-state index contributed by atoms with van der Waals surface area (Å²) < 4.78 is 35.7. The van der Waals surface area contributed by atoms with Crippen molar-refractivity contribution in [2.24, 2.45) is 0 Å². The minimum atomic E-state index is -3.71. The molecule has 0 atom stereocenters. The van der Waals surface area contributed by atoms with E-state index in [4.69, 9.17) is 9.47 Å². The highest BCUT2D eigenvalue weighted by atomic mass is 32.2. The number of nitrogens with zero attached hydrogens (tertiary/aromatic N) is 1. The summed E-state index contributed by atoms with van der Waals surface area (Å²) in [5.41, 5.74) is 0.471. The summed E-state index contributed by atoms with van der Waals surface area (Å²) in [7, 11) is 0.500. The van der Waals surface area contributed by atoms with E-state index < -0.39 is 16.0 Å². The Hall–Kier alpha value is -2.39. The fourth-order valence-electron chi connectivity index (χ4n) is 1.86. The molecule has 0 fully saturated rings. The maximum Gasteiger partial charge on any atom is 0.331 e. The zero-order chi connectivity index (χ0) is 19.7. The first-order chi connectivity index (χ1) is 12.2. The number of methoxy groups -OCH3 is 1. The predicted octanol–water partition coefficient (Wildman–Crippen LogP) is 1.03. The quantitative estimate of drug-likeness (QED) is 0.504. The lowest BCUT2D eigenvalue weighted by Gasteiger charge is -2.14. The average Bonchev–Trinajstić information content (AvgIpc) is 2.62. The van der Waals surface area contributed by atoms with Crippen molar-refractivity contribution >= 4 is 28.0 Å². The summed E-state index contributed by atoms with van der Waals surface area (Å²) in [5.74, 6) is -0.882. The first-order valence-electron chi connectivity index (χ1n) is 7.94. The molecule has 1 N–H and O–H groups in total. The van der Waals surface area contributed by atoms with Gasteiger partial charge >= 0.3 is 5.97 Å². The maximum absolute atomic E-state index is 12.4. The molecule has 1 aromatic rings. The number of nitrogens with one attached hydrogen (secondary N) is 1. The van der Waals surface area contributed by atoms with Crippen molar-refractivity contribution in [3.63, 3.8) is 0 Å². The van der Waals surface area contributed by atoms with E-state index in [1.807, 2.05) is 6.92 Å². The molecule has 0 heterocycles. The minimum Gasteiger partial charge on any atom is -0.495 e. The van der Waals surface area contributed by atoms with E-state index in [0.29, 0.717) is 12.1 Å². The van der Waals surface area contributed by atoms with Gasteiger partial charge in [-0.25, -0.2) is 17.5 Å². The van der Waals surface area contributed by atoms with Gasteiger partial charge in [-0.2, -0.15) is 0 Å². The maximum atomic E-state index is 12.4. The molecular formula is C17H24N2O6S. The van der Waals surface area contributed by atoms with Crippen LogP contribution in [-0.4, -0.2) is 59.0 Å². The number of rotatable bonds is 9. The summed E-state index contributed by atoms with van der Waals surface area (Å²) in [6.45, 7) is 2.06. The van der Waals surface area contributed by atoms with Crippen molar-refractivity contribution in [3.8, 4) is 5.75 Å². The Labute approximate surface area is 153 Å². The van der Waals surface area contributed by atoms with Gasteiger partial charge in [0.1, 0.15) is 10.6 Å². The Kier molecular flexibility index (Phi) is 8.27. The standard InChI is InChI=1S/C17H24N2O6S/c1-5-10-18-16(20)12-25-17(21)9-7-13-6-8-14(24-4)15(11-13)26(22,23)19(2)3/h6-9,11H,5,10,12H2,1-4H3,(H,18,20)/b9-7+. The molecule has 0 radical (unpaired) electrons. The van der Waals surface area contributed by atoms with Crippen molar-refractivity contribution in [1.82, 2.24) is 9.62 Å². The molecule has 9 heteroatoms. The van der Waals surface area contributed by atoms with Gasteiger partial charge in [0, 0.05) is 26.7 Å². The van der Waals surface area contributed by atoms with E-state index in [2.05, 4.69) is 5.32 Å². The molecule has 0 aliphatic heterocycles. The number of ether oxygens (including phenoxy) is 2. The molecule has 144 valence electrons. The third-order valence-electron chi connectivity index (χ3n) is 3.28. The summed E-state index contributed by atoms with van der Waals surface area (Å²) in [6, 6.07) is 4.50. The zero-order valence-corrected chi connectivity index (χ0v) is 16.1. The second-order valence-corrected chi connectivity index (χ2v) is 7.61. The fraction of sp³-hybridized carbons (Fsp3) is 0.412. The number of amides is 1. The number of carbonyl (C=O) groups excluding carboxylic acids is 2. The van der Waals surface area contributed by atoms with E-state index in [0.717, 1.165) is 16.8 Å². The van der Waals surface area contributed by atoms with Gasteiger partial charge in [0.25, 0.3) is 5.91 Å². The molecule has 1 aromatic carbocycles. The van der Waals surface area contributed by atoms with Gasteiger partial charge in [-0.1, -0.05) is 13.0 Å². The molecule has 1 rings (SSSR count). The van der Waals surface area contributed by atoms with Crippen LogP contribution in [0, 0.1) is 0 Å². The second kappa shape index (κ2) is 9.93. The SMILES string of the molecule is CCCNC(=O)COC(=O)/C=C/c1ccc(OC)c(S(=O)(=O)N(C)C)c1. The van der Waals surface area contributed by atoms with Gasteiger partial charge in [0.05, 0.1) is 7.11 Å². The Morgan fingerprint density at radius 2 is 1.96 bits per heavy atom. The monoisotopic (exact) mass is 384 g/mol. The lowest BCUT2D eigenvalue weighted by Crippen LogP contribution is -2.28. The van der Waals surface area contributed by atoms with E-state index in [9.17, 15) is 18.0 Å². The number of hydrogen-bond donors (Lipinski definition) is 1. The predicted molar refractivity (Wildman–Crippen MR) is 97.2 cm³/mol. The third kappa shape index (κ3) is 6.16. The van der Waals surface area contributed by atoms with Gasteiger partial charge in [-0.15, -0.1) is 0 Å².